The first-order valence-corrected chi connectivity index (χ1v) is 13.1. The number of Topliss-reactive ketones (excluding diaryl/α,β-unsaturated/α-hetero) is 1. The van der Waals surface area contributed by atoms with Gasteiger partial charge in [-0.1, -0.05) is 42.5 Å². The Morgan fingerprint density at radius 2 is 1.79 bits per heavy atom. The van der Waals surface area contributed by atoms with Gasteiger partial charge >= 0.3 is 0 Å². The standard InChI is InChI=1S/C30H29N3O6/c1-2-12-32-22-10-5-4-9-21(22)30(29(32)37)25(26(34)24-19-20-8-3-6-11-23(20)39-24)27(35)28(36)33(30)14-7-13-31-15-17-38-18-16-31/h2-6,8-11,19,35H,1,7,12-18H2/t30-/m1/s1. The SMILES string of the molecule is C=CCN1C(=O)[C@]2(C(C(=O)c3cc4ccccc4o3)=C(O)C(=O)N2CCCN2CCOCC2)c2ccccc21. The summed E-state index contributed by atoms with van der Waals surface area (Å²) in [5.41, 5.74) is -0.560. The van der Waals surface area contributed by atoms with Crippen LogP contribution in [0.4, 0.5) is 5.69 Å². The zero-order chi connectivity index (χ0) is 27.1. The van der Waals surface area contributed by atoms with Gasteiger partial charge in [0.05, 0.1) is 24.5 Å². The minimum absolute atomic E-state index is 0.0486. The summed E-state index contributed by atoms with van der Waals surface area (Å²) in [5, 5.41) is 12.0. The van der Waals surface area contributed by atoms with Crippen LogP contribution < -0.4 is 4.90 Å². The molecule has 6 rings (SSSR count). The highest BCUT2D eigenvalue weighted by Gasteiger charge is 2.65. The monoisotopic (exact) mass is 527 g/mol. The van der Waals surface area contributed by atoms with Gasteiger partial charge in [0, 0.05) is 43.7 Å². The van der Waals surface area contributed by atoms with Gasteiger partial charge in [-0.2, -0.15) is 0 Å². The molecule has 3 aliphatic heterocycles. The molecule has 39 heavy (non-hydrogen) atoms. The Bertz CT molecular complexity index is 1480. The van der Waals surface area contributed by atoms with Crippen molar-refractivity contribution in [2.24, 2.45) is 0 Å². The topological polar surface area (TPSA) is 104 Å². The van der Waals surface area contributed by atoms with Crippen LogP contribution in [0, 0.1) is 0 Å². The Morgan fingerprint density at radius 3 is 2.56 bits per heavy atom. The molecule has 2 amide bonds. The fourth-order valence-corrected chi connectivity index (χ4v) is 5.98. The van der Waals surface area contributed by atoms with E-state index in [1.807, 2.05) is 6.07 Å². The molecule has 0 radical (unpaired) electrons. The number of hydrogen-bond acceptors (Lipinski definition) is 7. The van der Waals surface area contributed by atoms with E-state index in [9.17, 15) is 19.5 Å². The maximum atomic E-state index is 14.4. The first-order chi connectivity index (χ1) is 19.0. The molecule has 1 fully saturated rings. The van der Waals surface area contributed by atoms with Crippen LogP contribution in [0.1, 0.15) is 22.5 Å². The highest BCUT2D eigenvalue weighted by Crippen LogP contribution is 2.53. The van der Waals surface area contributed by atoms with E-state index in [0.717, 1.165) is 13.1 Å². The van der Waals surface area contributed by atoms with Crippen molar-refractivity contribution in [1.82, 2.24) is 9.80 Å². The lowest BCUT2D eigenvalue weighted by Gasteiger charge is -2.36. The zero-order valence-corrected chi connectivity index (χ0v) is 21.5. The predicted octanol–water partition coefficient (Wildman–Crippen LogP) is 3.42. The van der Waals surface area contributed by atoms with Gasteiger partial charge in [0.25, 0.3) is 11.8 Å². The highest BCUT2D eigenvalue weighted by molar-refractivity contribution is 6.26. The van der Waals surface area contributed by atoms with Crippen molar-refractivity contribution in [3.05, 3.63) is 89.9 Å². The Kier molecular flexibility index (Phi) is 6.32. The number of ether oxygens (including phenoxy) is 1. The largest absolute Gasteiger partial charge is 0.503 e. The number of para-hydroxylation sites is 2. The van der Waals surface area contributed by atoms with Crippen LogP contribution in [0.15, 0.2) is 83.0 Å². The van der Waals surface area contributed by atoms with Gasteiger partial charge in [-0.05, 0) is 24.6 Å². The van der Waals surface area contributed by atoms with E-state index in [0.29, 0.717) is 48.4 Å². The molecular formula is C30H29N3O6. The number of hydrogen-bond donors (Lipinski definition) is 1. The van der Waals surface area contributed by atoms with Gasteiger partial charge in [-0.3, -0.25) is 19.3 Å². The Morgan fingerprint density at radius 1 is 1.05 bits per heavy atom. The van der Waals surface area contributed by atoms with Gasteiger partial charge in [0.2, 0.25) is 5.78 Å². The third-order valence-electron chi connectivity index (χ3n) is 7.74. The summed E-state index contributed by atoms with van der Waals surface area (Å²) in [6.45, 7) is 7.68. The van der Waals surface area contributed by atoms with Crippen molar-refractivity contribution in [2.45, 2.75) is 12.0 Å². The van der Waals surface area contributed by atoms with E-state index < -0.39 is 28.9 Å². The van der Waals surface area contributed by atoms with Crippen molar-refractivity contribution in [1.29, 1.82) is 0 Å². The van der Waals surface area contributed by atoms with Crippen molar-refractivity contribution >= 4 is 34.3 Å². The number of carbonyl (C=O) groups excluding carboxylic acids is 3. The number of nitrogens with zero attached hydrogens (tertiary/aromatic N) is 3. The minimum Gasteiger partial charge on any atom is -0.503 e. The number of morpholine rings is 1. The maximum absolute atomic E-state index is 14.4. The van der Waals surface area contributed by atoms with Gasteiger partial charge in [-0.25, -0.2) is 0 Å². The van der Waals surface area contributed by atoms with Crippen LogP contribution in [0.5, 0.6) is 0 Å². The lowest BCUT2D eigenvalue weighted by molar-refractivity contribution is -0.139. The molecule has 1 spiro atoms. The first kappa shape index (κ1) is 25.1. The number of aliphatic hydroxyl groups excluding tert-OH is 1. The molecule has 0 aliphatic carbocycles. The molecule has 1 atom stereocenters. The maximum Gasteiger partial charge on any atom is 0.290 e. The first-order valence-electron chi connectivity index (χ1n) is 13.1. The van der Waals surface area contributed by atoms with E-state index in [2.05, 4.69) is 11.5 Å². The molecule has 2 aromatic carbocycles. The van der Waals surface area contributed by atoms with E-state index in [4.69, 9.17) is 9.15 Å². The number of amides is 2. The second kappa shape index (κ2) is 9.83. The molecule has 4 heterocycles. The summed E-state index contributed by atoms with van der Waals surface area (Å²) in [5.74, 6) is -2.70. The van der Waals surface area contributed by atoms with Crippen molar-refractivity contribution < 1.29 is 28.6 Å². The van der Waals surface area contributed by atoms with Crippen LogP contribution in [0.25, 0.3) is 11.0 Å². The van der Waals surface area contributed by atoms with Gasteiger partial charge in [-0.15, -0.1) is 6.58 Å². The number of aliphatic hydroxyl groups is 1. The molecule has 3 aliphatic rings. The summed E-state index contributed by atoms with van der Waals surface area (Å²) >= 11 is 0. The summed E-state index contributed by atoms with van der Waals surface area (Å²) in [6.07, 6.45) is 2.14. The van der Waals surface area contributed by atoms with Crippen LogP contribution in [0.3, 0.4) is 0 Å². The van der Waals surface area contributed by atoms with Crippen LogP contribution >= 0.6 is 0 Å². The number of fused-ring (bicyclic) bond motifs is 3. The van der Waals surface area contributed by atoms with Crippen LogP contribution in [0.2, 0.25) is 0 Å². The number of furan rings is 1. The van der Waals surface area contributed by atoms with E-state index in [1.165, 1.54) is 9.80 Å². The number of rotatable bonds is 8. The smallest absolute Gasteiger partial charge is 0.290 e. The molecule has 200 valence electrons. The minimum atomic E-state index is -1.82. The molecule has 9 heteroatoms. The van der Waals surface area contributed by atoms with Gasteiger partial charge < -0.3 is 24.1 Å². The fourth-order valence-electron chi connectivity index (χ4n) is 5.98. The van der Waals surface area contributed by atoms with Crippen LogP contribution in [-0.4, -0.2) is 78.4 Å². The highest BCUT2D eigenvalue weighted by atomic mass is 16.5. The molecule has 9 nitrogen and oxygen atoms in total. The molecule has 1 N–H and O–H groups in total. The van der Waals surface area contributed by atoms with Crippen molar-refractivity contribution in [2.75, 3.05) is 50.8 Å². The average molecular weight is 528 g/mol. The summed E-state index contributed by atoms with van der Waals surface area (Å²) in [6, 6.07) is 15.8. The summed E-state index contributed by atoms with van der Waals surface area (Å²) < 4.78 is 11.3. The zero-order valence-electron chi connectivity index (χ0n) is 21.5. The molecular weight excluding hydrogens is 498 g/mol. The van der Waals surface area contributed by atoms with Gasteiger partial charge in [0.1, 0.15) is 5.58 Å². The average Bonchev–Trinajstić information content (AvgIpc) is 3.57. The lowest BCUT2D eigenvalue weighted by Crippen LogP contribution is -2.54. The lowest BCUT2D eigenvalue weighted by atomic mass is 9.81. The number of anilines is 1. The number of carbonyl (C=O) groups is 3. The number of ketones is 1. The second-order valence-corrected chi connectivity index (χ2v) is 9.90. The van der Waals surface area contributed by atoms with Crippen molar-refractivity contribution in [3.8, 4) is 0 Å². The predicted molar refractivity (Wildman–Crippen MR) is 144 cm³/mol. The third-order valence-corrected chi connectivity index (χ3v) is 7.74. The molecule has 0 bridgehead atoms. The van der Waals surface area contributed by atoms with E-state index in [1.54, 1.807) is 54.6 Å². The Hall–Kier alpha value is -4.21. The molecule has 0 saturated carbocycles. The van der Waals surface area contributed by atoms with Crippen molar-refractivity contribution in [3.63, 3.8) is 0 Å². The Labute approximate surface area is 225 Å². The molecule has 1 saturated heterocycles. The Balaban J connectivity index is 1.46. The third kappa shape index (κ3) is 3.80. The summed E-state index contributed by atoms with van der Waals surface area (Å²) in [4.78, 5) is 47.3. The normalized spacial score (nSPS) is 21.4. The quantitative estimate of drug-likeness (QED) is 0.354. The van der Waals surface area contributed by atoms with E-state index >= 15 is 0 Å². The second-order valence-electron chi connectivity index (χ2n) is 9.90. The molecule has 0 unspecified atom stereocenters. The van der Waals surface area contributed by atoms with Crippen LogP contribution in [-0.2, 0) is 19.9 Å². The molecule has 3 aromatic rings. The summed E-state index contributed by atoms with van der Waals surface area (Å²) in [7, 11) is 0. The fraction of sp³-hybridized carbons (Fsp3) is 0.300. The molecule has 1 aromatic heterocycles. The van der Waals surface area contributed by atoms with E-state index in [-0.39, 0.29) is 24.4 Å². The van der Waals surface area contributed by atoms with Gasteiger partial charge in [0.15, 0.2) is 17.1 Å². The number of benzene rings is 2.